The lowest BCUT2D eigenvalue weighted by atomic mass is 9.97. The highest BCUT2D eigenvalue weighted by molar-refractivity contribution is 6.74. The van der Waals surface area contributed by atoms with E-state index in [0.29, 0.717) is 0 Å². The summed E-state index contributed by atoms with van der Waals surface area (Å²) in [5.74, 6) is 0. The first-order valence-electron chi connectivity index (χ1n) is 10.3. The third-order valence-corrected chi connectivity index (χ3v) is 10.6. The first kappa shape index (κ1) is 23.0. The molecule has 2 aromatic carbocycles. The van der Waals surface area contributed by atoms with Crippen LogP contribution in [0.25, 0.3) is 0 Å². The van der Waals surface area contributed by atoms with Crippen LogP contribution in [0.2, 0.25) is 23.2 Å². The van der Waals surface area contributed by atoms with Gasteiger partial charge >= 0.3 is 0 Å². The second kappa shape index (κ2) is 9.47. The molecule has 0 fully saturated rings. The predicted molar refractivity (Wildman–Crippen MR) is 126 cm³/mol. The van der Waals surface area contributed by atoms with Gasteiger partial charge < -0.3 is 9.74 Å². The molecular formula is C24H36ClNOSi. The lowest BCUT2D eigenvalue weighted by molar-refractivity contribution is 0.149. The van der Waals surface area contributed by atoms with Crippen molar-refractivity contribution in [2.45, 2.75) is 77.7 Å². The van der Waals surface area contributed by atoms with Gasteiger partial charge in [0.25, 0.3) is 0 Å². The van der Waals surface area contributed by atoms with Gasteiger partial charge in [0.15, 0.2) is 8.32 Å². The SMILES string of the molecule is CCCC(O[Si](C)(C)C(C)(C)C)C(Nc1ccc(Cl)cc1)c1ccc(C)cc1. The van der Waals surface area contributed by atoms with Gasteiger partial charge in [0.2, 0.25) is 0 Å². The zero-order valence-electron chi connectivity index (χ0n) is 18.5. The van der Waals surface area contributed by atoms with E-state index in [0.717, 1.165) is 23.6 Å². The van der Waals surface area contributed by atoms with Crippen LogP contribution in [0.1, 0.15) is 57.7 Å². The smallest absolute Gasteiger partial charge is 0.192 e. The van der Waals surface area contributed by atoms with E-state index in [4.69, 9.17) is 16.0 Å². The quantitative estimate of drug-likeness (QED) is 0.439. The van der Waals surface area contributed by atoms with Crippen molar-refractivity contribution in [3.8, 4) is 0 Å². The van der Waals surface area contributed by atoms with Crippen molar-refractivity contribution in [3.63, 3.8) is 0 Å². The zero-order chi connectivity index (χ0) is 20.9. The Bertz CT molecular complexity index is 735. The Morgan fingerprint density at radius 2 is 1.57 bits per heavy atom. The first-order valence-corrected chi connectivity index (χ1v) is 13.6. The van der Waals surface area contributed by atoms with E-state index in [1.807, 2.05) is 24.3 Å². The molecule has 0 aliphatic heterocycles. The summed E-state index contributed by atoms with van der Waals surface area (Å²) in [6.45, 7) is 15.9. The average molecular weight is 418 g/mol. The van der Waals surface area contributed by atoms with Crippen LogP contribution < -0.4 is 5.32 Å². The van der Waals surface area contributed by atoms with Crippen LogP contribution in [0.15, 0.2) is 48.5 Å². The molecule has 0 radical (unpaired) electrons. The predicted octanol–water partition coefficient (Wildman–Crippen LogP) is 7.99. The van der Waals surface area contributed by atoms with Gasteiger partial charge in [-0.1, -0.05) is 75.5 Å². The molecule has 0 bridgehead atoms. The van der Waals surface area contributed by atoms with Gasteiger partial charge in [0.05, 0.1) is 12.1 Å². The fourth-order valence-electron chi connectivity index (χ4n) is 3.02. The number of nitrogens with one attached hydrogen (secondary N) is 1. The third-order valence-electron chi connectivity index (χ3n) is 5.80. The highest BCUT2D eigenvalue weighted by atomic mass is 35.5. The molecule has 4 heteroatoms. The largest absolute Gasteiger partial charge is 0.411 e. The molecule has 0 heterocycles. The van der Waals surface area contributed by atoms with E-state index in [1.165, 1.54) is 11.1 Å². The minimum absolute atomic E-state index is 0.0934. The van der Waals surface area contributed by atoms with Crippen LogP contribution in [0.4, 0.5) is 5.69 Å². The first-order chi connectivity index (χ1) is 13.0. The molecule has 2 aromatic rings. The van der Waals surface area contributed by atoms with Gasteiger partial charge in [-0.3, -0.25) is 0 Å². The number of hydrogen-bond donors (Lipinski definition) is 1. The molecule has 2 atom stereocenters. The normalized spacial score (nSPS) is 14.6. The summed E-state index contributed by atoms with van der Waals surface area (Å²) in [6.07, 6.45) is 2.22. The van der Waals surface area contributed by atoms with Crippen LogP contribution in [-0.2, 0) is 4.43 Å². The number of hydrogen-bond acceptors (Lipinski definition) is 2. The molecule has 0 spiro atoms. The van der Waals surface area contributed by atoms with Gasteiger partial charge in [-0.2, -0.15) is 0 Å². The molecule has 0 aliphatic rings. The van der Waals surface area contributed by atoms with Crippen LogP contribution in [0.3, 0.4) is 0 Å². The number of aryl methyl sites for hydroxylation is 1. The maximum absolute atomic E-state index is 6.94. The van der Waals surface area contributed by atoms with E-state index in [9.17, 15) is 0 Å². The van der Waals surface area contributed by atoms with E-state index in [-0.39, 0.29) is 17.2 Å². The molecular weight excluding hydrogens is 382 g/mol. The lowest BCUT2D eigenvalue weighted by Gasteiger charge is -2.42. The Hall–Kier alpha value is -1.29. The summed E-state index contributed by atoms with van der Waals surface area (Å²) < 4.78 is 6.94. The van der Waals surface area contributed by atoms with Gasteiger partial charge in [-0.05, 0) is 61.3 Å². The summed E-state index contributed by atoms with van der Waals surface area (Å²) in [5, 5.41) is 4.67. The highest BCUT2D eigenvalue weighted by Crippen LogP contribution is 2.40. The van der Waals surface area contributed by atoms with Crippen molar-refractivity contribution in [2.75, 3.05) is 5.32 Å². The van der Waals surface area contributed by atoms with Crippen LogP contribution in [0.5, 0.6) is 0 Å². The number of benzene rings is 2. The topological polar surface area (TPSA) is 21.3 Å². The fraction of sp³-hybridized carbons (Fsp3) is 0.500. The average Bonchev–Trinajstić information content (AvgIpc) is 2.61. The van der Waals surface area contributed by atoms with Crippen LogP contribution in [0, 0.1) is 6.92 Å². The molecule has 2 unspecified atom stereocenters. The molecule has 0 amide bonds. The summed E-state index contributed by atoms with van der Waals surface area (Å²) in [7, 11) is -1.90. The van der Waals surface area contributed by atoms with E-state index >= 15 is 0 Å². The molecule has 0 saturated heterocycles. The molecule has 0 aromatic heterocycles. The Labute approximate surface area is 177 Å². The Morgan fingerprint density at radius 1 is 1.00 bits per heavy atom. The second-order valence-electron chi connectivity index (χ2n) is 9.24. The molecule has 0 aliphatic carbocycles. The fourth-order valence-corrected chi connectivity index (χ4v) is 4.51. The summed E-state index contributed by atoms with van der Waals surface area (Å²) in [5.41, 5.74) is 3.60. The van der Waals surface area contributed by atoms with E-state index in [1.54, 1.807) is 0 Å². The minimum Gasteiger partial charge on any atom is -0.411 e. The highest BCUT2D eigenvalue weighted by Gasteiger charge is 2.40. The lowest BCUT2D eigenvalue weighted by Crippen LogP contribution is -2.46. The third kappa shape index (κ3) is 6.10. The van der Waals surface area contributed by atoms with Crippen molar-refractivity contribution < 1.29 is 4.43 Å². The second-order valence-corrected chi connectivity index (χ2v) is 14.4. The maximum Gasteiger partial charge on any atom is 0.192 e. The summed E-state index contributed by atoms with van der Waals surface area (Å²) in [6, 6.07) is 16.8. The van der Waals surface area contributed by atoms with Crippen LogP contribution >= 0.6 is 11.6 Å². The number of halogens is 1. The Balaban J connectivity index is 2.40. The molecule has 0 saturated carbocycles. The van der Waals surface area contributed by atoms with Crippen molar-refractivity contribution in [2.24, 2.45) is 0 Å². The van der Waals surface area contributed by atoms with E-state index < -0.39 is 8.32 Å². The standard InChI is InChI=1S/C24H36ClNOSi/c1-8-9-22(27-28(6,7)24(3,4)5)23(19-12-10-18(2)11-13-19)26-21-16-14-20(25)15-17-21/h10-17,22-23,26H,8-9H2,1-7H3. The Morgan fingerprint density at radius 3 is 2.07 bits per heavy atom. The van der Waals surface area contributed by atoms with Crippen molar-refractivity contribution in [1.29, 1.82) is 0 Å². The van der Waals surface area contributed by atoms with Gasteiger partial charge in [-0.25, -0.2) is 0 Å². The van der Waals surface area contributed by atoms with Gasteiger partial charge in [-0.15, -0.1) is 0 Å². The van der Waals surface area contributed by atoms with Crippen molar-refractivity contribution in [1.82, 2.24) is 0 Å². The number of rotatable bonds is 8. The molecule has 154 valence electrons. The van der Waals surface area contributed by atoms with Crippen molar-refractivity contribution in [3.05, 3.63) is 64.7 Å². The molecule has 2 rings (SSSR count). The summed E-state index contributed by atoms with van der Waals surface area (Å²) in [4.78, 5) is 0. The van der Waals surface area contributed by atoms with E-state index in [2.05, 4.69) is 77.3 Å². The Kier molecular flexibility index (Phi) is 7.78. The van der Waals surface area contributed by atoms with Gasteiger partial charge in [0, 0.05) is 10.7 Å². The number of anilines is 1. The van der Waals surface area contributed by atoms with Crippen LogP contribution in [-0.4, -0.2) is 14.4 Å². The van der Waals surface area contributed by atoms with Gasteiger partial charge in [0.1, 0.15) is 0 Å². The molecule has 2 nitrogen and oxygen atoms in total. The molecule has 1 N–H and O–H groups in total. The monoisotopic (exact) mass is 417 g/mol. The zero-order valence-corrected chi connectivity index (χ0v) is 20.2. The summed E-state index contributed by atoms with van der Waals surface area (Å²) >= 11 is 6.09. The molecule has 28 heavy (non-hydrogen) atoms. The van der Waals surface area contributed by atoms with Crippen molar-refractivity contribution >= 4 is 25.6 Å². The minimum atomic E-state index is -1.90. The maximum atomic E-state index is 6.94.